The Morgan fingerprint density at radius 2 is 1.83 bits per heavy atom. The fourth-order valence-corrected chi connectivity index (χ4v) is 5.45. The summed E-state index contributed by atoms with van der Waals surface area (Å²) in [6.45, 7) is 2.09. The van der Waals surface area contributed by atoms with Crippen LogP contribution in [0.15, 0.2) is 72.0 Å². The zero-order valence-corrected chi connectivity index (χ0v) is 26.1. The highest BCUT2D eigenvalue weighted by Gasteiger charge is 2.33. The summed E-state index contributed by atoms with van der Waals surface area (Å²) in [5.41, 5.74) is 4.55. The quantitative estimate of drug-likeness (QED) is 0.135. The number of aryl methyl sites for hydroxylation is 1. The van der Waals surface area contributed by atoms with Crippen LogP contribution in [0.5, 0.6) is 0 Å². The van der Waals surface area contributed by atoms with E-state index in [0.29, 0.717) is 24.9 Å². The molecule has 1 aliphatic rings. The van der Waals surface area contributed by atoms with E-state index in [9.17, 15) is 22.8 Å². The monoisotopic (exact) mass is 667 g/mol. The second-order valence-corrected chi connectivity index (χ2v) is 11.5. The standard InChI is InChI=1S/C33H33ClF3N7O3/c34-29-11-9-22(17-28(29)33(35,36)37)19-38-41-32(47)27-18-26(43-13-2-1-3-14-43)10-12-30(27)39-31(46)24-7-4-6-23(16-24)20-44-21-25(40-42-44)8-5-15-45/h4,6-7,9-12,16-19,21,45H,1-3,5,8,13-15,20H2,(H,39,46)(H,41,47). The molecule has 1 aliphatic heterocycles. The van der Waals surface area contributed by atoms with Gasteiger partial charge in [0, 0.05) is 37.1 Å². The number of anilines is 2. The molecule has 0 spiro atoms. The Hall–Kier alpha value is -4.75. The third-order valence-electron chi connectivity index (χ3n) is 7.60. The Morgan fingerprint density at radius 3 is 2.60 bits per heavy atom. The molecule has 47 heavy (non-hydrogen) atoms. The van der Waals surface area contributed by atoms with Crippen LogP contribution in [0.3, 0.4) is 0 Å². The van der Waals surface area contributed by atoms with E-state index >= 15 is 0 Å². The number of benzene rings is 3. The molecule has 0 aliphatic carbocycles. The van der Waals surface area contributed by atoms with Crippen molar-refractivity contribution < 1.29 is 27.9 Å². The molecule has 0 unspecified atom stereocenters. The number of hydrogen-bond donors (Lipinski definition) is 3. The summed E-state index contributed by atoms with van der Waals surface area (Å²) >= 11 is 5.70. The first-order valence-electron chi connectivity index (χ1n) is 15.1. The zero-order valence-electron chi connectivity index (χ0n) is 25.3. The van der Waals surface area contributed by atoms with E-state index in [1.54, 1.807) is 41.2 Å². The smallest absolute Gasteiger partial charge is 0.396 e. The van der Waals surface area contributed by atoms with Gasteiger partial charge in [-0.2, -0.15) is 18.3 Å². The maximum Gasteiger partial charge on any atom is 0.417 e. The van der Waals surface area contributed by atoms with E-state index < -0.39 is 28.6 Å². The van der Waals surface area contributed by atoms with Crippen molar-refractivity contribution in [1.82, 2.24) is 20.4 Å². The minimum atomic E-state index is -4.65. The Balaban J connectivity index is 1.34. The minimum absolute atomic E-state index is 0.0666. The lowest BCUT2D eigenvalue weighted by Gasteiger charge is -2.29. The summed E-state index contributed by atoms with van der Waals surface area (Å²) in [5.74, 6) is -1.10. The maximum atomic E-state index is 13.4. The molecule has 5 rings (SSSR count). The number of hydrogen-bond acceptors (Lipinski definition) is 7. The average Bonchev–Trinajstić information content (AvgIpc) is 3.51. The largest absolute Gasteiger partial charge is 0.417 e. The summed E-state index contributed by atoms with van der Waals surface area (Å²) in [6.07, 6.45) is 2.58. The van der Waals surface area contributed by atoms with Gasteiger partial charge in [-0.15, -0.1) is 5.10 Å². The summed E-state index contributed by atoms with van der Waals surface area (Å²) in [5, 5.41) is 23.5. The Kier molecular flexibility index (Phi) is 10.9. The van der Waals surface area contributed by atoms with Crippen molar-refractivity contribution in [3.05, 3.63) is 105 Å². The van der Waals surface area contributed by atoms with Gasteiger partial charge in [0.15, 0.2) is 0 Å². The first-order valence-corrected chi connectivity index (χ1v) is 15.5. The first kappa shape index (κ1) is 33.6. The van der Waals surface area contributed by atoms with E-state index in [4.69, 9.17) is 16.7 Å². The third-order valence-corrected chi connectivity index (χ3v) is 7.93. The number of halogens is 4. The molecular weight excluding hydrogens is 635 g/mol. The van der Waals surface area contributed by atoms with Crippen LogP contribution >= 0.6 is 11.6 Å². The molecule has 2 heterocycles. The molecule has 0 saturated carbocycles. The number of nitrogens with zero attached hydrogens (tertiary/aromatic N) is 5. The lowest BCUT2D eigenvalue weighted by molar-refractivity contribution is -0.137. The van der Waals surface area contributed by atoms with Gasteiger partial charge in [-0.3, -0.25) is 9.59 Å². The van der Waals surface area contributed by atoms with Crippen molar-refractivity contribution in [2.24, 2.45) is 5.10 Å². The number of alkyl halides is 3. The molecule has 2 amide bonds. The van der Waals surface area contributed by atoms with Crippen molar-refractivity contribution in [2.75, 3.05) is 29.9 Å². The predicted octanol–water partition coefficient (Wildman–Crippen LogP) is 5.93. The lowest BCUT2D eigenvalue weighted by atomic mass is 10.1. The number of aromatic nitrogens is 3. The van der Waals surface area contributed by atoms with Gasteiger partial charge >= 0.3 is 6.18 Å². The number of carbonyl (C=O) groups is 2. The Morgan fingerprint density at radius 1 is 1.02 bits per heavy atom. The number of aliphatic hydroxyl groups excluding tert-OH is 1. The second kappa shape index (κ2) is 15.2. The number of piperidine rings is 1. The van der Waals surface area contributed by atoms with Gasteiger partial charge in [-0.1, -0.05) is 35.0 Å². The lowest BCUT2D eigenvalue weighted by Crippen LogP contribution is -2.30. The molecule has 14 heteroatoms. The van der Waals surface area contributed by atoms with Gasteiger partial charge in [0.25, 0.3) is 11.8 Å². The van der Waals surface area contributed by atoms with E-state index in [0.717, 1.165) is 67.6 Å². The maximum absolute atomic E-state index is 13.4. The average molecular weight is 668 g/mol. The van der Waals surface area contributed by atoms with E-state index in [1.165, 1.54) is 6.07 Å². The summed E-state index contributed by atoms with van der Waals surface area (Å²) < 4.78 is 41.5. The van der Waals surface area contributed by atoms with E-state index in [2.05, 4.69) is 31.1 Å². The summed E-state index contributed by atoms with van der Waals surface area (Å²) in [4.78, 5) is 28.9. The molecule has 0 atom stereocenters. The molecule has 246 valence electrons. The van der Waals surface area contributed by atoms with Crippen molar-refractivity contribution in [3.8, 4) is 0 Å². The van der Waals surface area contributed by atoms with Gasteiger partial charge in [0.1, 0.15) is 0 Å². The van der Waals surface area contributed by atoms with E-state index in [-0.39, 0.29) is 23.4 Å². The zero-order chi connectivity index (χ0) is 33.4. The predicted molar refractivity (Wildman–Crippen MR) is 173 cm³/mol. The van der Waals surface area contributed by atoms with Gasteiger partial charge in [-0.05, 0) is 85.7 Å². The SMILES string of the molecule is O=C(Nc1ccc(N2CCCCC2)cc1C(=O)NN=Cc1ccc(Cl)c(C(F)(F)F)c1)c1cccc(Cn2cc(CCCO)nn2)c1. The summed E-state index contributed by atoms with van der Waals surface area (Å²) in [6, 6.07) is 15.4. The fourth-order valence-electron chi connectivity index (χ4n) is 5.23. The molecule has 0 radical (unpaired) electrons. The molecule has 1 aromatic heterocycles. The molecule has 0 bridgehead atoms. The highest BCUT2D eigenvalue weighted by molar-refractivity contribution is 6.31. The highest BCUT2D eigenvalue weighted by Crippen LogP contribution is 2.35. The van der Waals surface area contributed by atoms with Gasteiger partial charge in [-0.25, -0.2) is 10.1 Å². The summed E-state index contributed by atoms with van der Waals surface area (Å²) in [7, 11) is 0. The van der Waals surface area contributed by atoms with Crippen LogP contribution in [0.25, 0.3) is 0 Å². The van der Waals surface area contributed by atoms with Crippen LogP contribution in [0, 0.1) is 0 Å². The number of hydrazone groups is 1. The van der Waals surface area contributed by atoms with Crippen molar-refractivity contribution in [1.29, 1.82) is 0 Å². The van der Waals surface area contributed by atoms with Crippen LogP contribution in [0.2, 0.25) is 5.02 Å². The van der Waals surface area contributed by atoms with Crippen LogP contribution in [-0.4, -0.2) is 57.8 Å². The van der Waals surface area contributed by atoms with Crippen LogP contribution in [0.4, 0.5) is 24.5 Å². The first-order chi connectivity index (χ1) is 22.6. The van der Waals surface area contributed by atoms with Crippen LogP contribution < -0.4 is 15.6 Å². The molecule has 3 N–H and O–H groups in total. The highest BCUT2D eigenvalue weighted by atomic mass is 35.5. The third kappa shape index (κ3) is 8.95. The number of carbonyl (C=O) groups excluding carboxylic acids is 2. The number of nitrogens with one attached hydrogen (secondary N) is 2. The number of rotatable bonds is 11. The molecule has 1 saturated heterocycles. The number of amides is 2. The molecule has 1 fully saturated rings. The van der Waals surface area contributed by atoms with Gasteiger partial charge in [0.2, 0.25) is 0 Å². The topological polar surface area (TPSA) is 125 Å². The van der Waals surface area contributed by atoms with Crippen LogP contribution in [-0.2, 0) is 19.1 Å². The van der Waals surface area contributed by atoms with Gasteiger partial charge in [0.05, 0.1) is 40.3 Å². The van der Waals surface area contributed by atoms with Crippen molar-refractivity contribution in [2.45, 2.75) is 44.8 Å². The molecule has 4 aromatic rings. The normalized spacial score (nSPS) is 13.6. The van der Waals surface area contributed by atoms with E-state index in [1.807, 2.05) is 12.1 Å². The Labute approximate surface area is 274 Å². The minimum Gasteiger partial charge on any atom is -0.396 e. The van der Waals surface area contributed by atoms with Crippen LogP contribution in [0.1, 0.15) is 68.8 Å². The van der Waals surface area contributed by atoms with Crippen molar-refractivity contribution >= 4 is 41.0 Å². The Bertz CT molecular complexity index is 1750. The molecule has 3 aromatic carbocycles. The fraction of sp³-hybridized carbons (Fsp3) is 0.303. The van der Waals surface area contributed by atoms with Gasteiger partial charge < -0.3 is 15.3 Å². The molecular formula is C33H33ClF3N7O3. The second-order valence-electron chi connectivity index (χ2n) is 11.1. The molecule has 10 nitrogen and oxygen atoms in total. The number of aliphatic hydroxyl groups is 1. The van der Waals surface area contributed by atoms with Crippen molar-refractivity contribution in [3.63, 3.8) is 0 Å².